The predicted molar refractivity (Wildman–Crippen MR) is 97.6 cm³/mol. The summed E-state index contributed by atoms with van der Waals surface area (Å²) in [6.07, 6.45) is -0.632. The van der Waals surface area contributed by atoms with Crippen molar-refractivity contribution in [2.45, 2.75) is 33.4 Å². The van der Waals surface area contributed by atoms with Gasteiger partial charge >= 0.3 is 0 Å². The van der Waals surface area contributed by atoms with Crippen LogP contribution < -0.4 is 10.1 Å². The van der Waals surface area contributed by atoms with E-state index < -0.39 is 6.10 Å². The lowest BCUT2D eigenvalue weighted by Crippen LogP contribution is -2.36. The van der Waals surface area contributed by atoms with Crippen LogP contribution in [0, 0.1) is 13.8 Å². The van der Waals surface area contributed by atoms with Gasteiger partial charge < -0.3 is 14.6 Å². The SMILES string of the molecule is Cc1ccc(C)c(OC(C)C(=O)NCc2nc(-c3ccccc3)no2)c1. The molecule has 1 unspecified atom stereocenters. The molecule has 0 saturated carbocycles. The molecule has 3 rings (SSSR count). The maximum atomic E-state index is 12.3. The number of nitrogens with zero attached hydrogens (tertiary/aromatic N) is 2. The van der Waals surface area contributed by atoms with Crippen LogP contribution >= 0.6 is 0 Å². The Kier molecular flexibility index (Phi) is 5.31. The third kappa shape index (κ3) is 4.27. The van der Waals surface area contributed by atoms with Crippen molar-refractivity contribution in [1.29, 1.82) is 0 Å². The molecular weight excluding hydrogens is 330 g/mol. The van der Waals surface area contributed by atoms with Gasteiger partial charge in [-0.1, -0.05) is 47.6 Å². The Morgan fingerprint density at radius 1 is 1.19 bits per heavy atom. The van der Waals surface area contributed by atoms with Crippen LogP contribution in [0.15, 0.2) is 53.1 Å². The zero-order valence-electron chi connectivity index (χ0n) is 15.0. The molecule has 1 atom stereocenters. The second kappa shape index (κ2) is 7.82. The Bertz CT molecular complexity index is 890. The first-order valence-corrected chi connectivity index (χ1v) is 8.42. The van der Waals surface area contributed by atoms with Gasteiger partial charge in [0.1, 0.15) is 5.75 Å². The molecule has 0 aliphatic heterocycles. The first-order chi connectivity index (χ1) is 12.5. The van der Waals surface area contributed by atoms with Gasteiger partial charge in [-0.15, -0.1) is 0 Å². The van der Waals surface area contributed by atoms with E-state index >= 15 is 0 Å². The molecule has 3 aromatic rings. The highest BCUT2D eigenvalue weighted by molar-refractivity contribution is 5.80. The largest absolute Gasteiger partial charge is 0.481 e. The van der Waals surface area contributed by atoms with Crippen LogP contribution in [0.5, 0.6) is 5.75 Å². The number of carbonyl (C=O) groups is 1. The first kappa shape index (κ1) is 17.7. The highest BCUT2D eigenvalue weighted by Gasteiger charge is 2.17. The van der Waals surface area contributed by atoms with E-state index in [0.717, 1.165) is 16.7 Å². The number of aromatic nitrogens is 2. The van der Waals surface area contributed by atoms with E-state index in [0.29, 0.717) is 17.5 Å². The summed E-state index contributed by atoms with van der Waals surface area (Å²) in [5.74, 6) is 1.30. The van der Waals surface area contributed by atoms with Crippen LogP contribution in [-0.4, -0.2) is 22.2 Å². The van der Waals surface area contributed by atoms with Crippen LogP contribution in [0.1, 0.15) is 23.9 Å². The van der Waals surface area contributed by atoms with Crippen molar-refractivity contribution in [2.75, 3.05) is 0 Å². The van der Waals surface area contributed by atoms with E-state index in [1.807, 2.05) is 62.4 Å². The molecular formula is C20H21N3O3. The molecule has 6 heteroatoms. The van der Waals surface area contributed by atoms with E-state index in [1.54, 1.807) is 6.92 Å². The number of hydrogen-bond donors (Lipinski definition) is 1. The molecule has 134 valence electrons. The molecule has 1 aromatic heterocycles. The minimum Gasteiger partial charge on any atom is -0.481 e. The monoisotopic (exact) mass is 351 g/mol. The molecule has 0 bridgehead atoms. The standard InChI is InChI=1S/C20H21N3O3/c1-13-9-10-14(2)17(11-13)25-15(3)20(24)21-12-18-22-19(23-26-18)16-7-5-4-6-8-16/h4-11,15H,12H2,1-3H3,(H,21,24). The molecule has 0 saturated heterocycles. The summed E-state index contributed by atoms with van der Waals surface area (Å²) in [5.41, 5.74) is 2.93. The number of aryl methyl sites for hydroxylation is 2. The molecule has 1 amide bonds. The van der Waals surface area contributed by atoms with Crippen molar-refractivity contribution >= 4 is 5.91 Å². The van der Waals surface area contributed by atoms with E-state index in [-0.39, 0.29) is 12.5 Å². The van der Waals surface area contributed by atoms with Crippen LogP contribution in [0.3, 0.4) is 0 Å². The molecule has 0 aliphatic carbocycles. The van der Waals surface area contributed by atoms with Crippen LogP contribution in [0.4, 0.5) is 0 Å². The minimum absolute atomic E-state index is 0.152. The van der Waals surface area contributed by atoms with Gasteiger partial charge in [-0.2, -0.15) is 4.98 Å². The zero-order chi connectivity index (χ0) is 18.5. The van der Waals surface area contributed by atoms with E-state index in [1.165, 1.54) is 0 Å². The van der Waals surface area contributed by atoms with Gasteiger partial charge in [-0.3, -0.25) is 4.79 Å². The van der Waals surface area contributed by atoms with Gasteiger partial charge in [0.2, 0.25) is 11.7 Å². The van der Waals surface area contributed by atoms with Gasteiger partial charge in [0.05, 0.1) is 6.54 Å². The Balaban J connectivity index is 1.57. The van der Waals surface area contributed by atoms with Gasteiger partial charge in [-0.25, -0.2) is 0 Å². The Labute approximate surface area is 152 Å². The summed E-state index contributed by atoms with van der Waals surface area (Å²) in [6, 6.07) is 15.4. The second-order valence-electron chi connectivity index (χ2n) is 6.12. The first-order valence-electron chi connectivity index (χ1n) is 8.42. The van der Waals surface area contributed by atoms with Crippen LogP contribution in [0.25, 0.3) is 11.4 Å². The summed E-state index contributed by atoms with van der Waals surface area (Å²) >= 11 is 0. The lowest BCUT2D eigenvalue weighted by molar-refractivity contribution is -0.127. The average molecular weight is 351 g/mol. The number of rotatable bonds is 6. The van der Waals surface area contributed by atoms with E-state index in [4.69, 9.17) is 9.26 Å². The van der Waals surface area contributed by atoms with E-state index in [2.05, 4.69) is 15.5 Å². The molecule has 0 radical (unpaired) electrons. The fourth-order valence-electron chi connectivity index (χ4n) is 2.42. The van der Waals surface area contributed by atoms with Crippen molar-refractivity contribution < 1.29 is 14.1 Å². The molecule has 0 aliphatic rings. The average Bonchev–Trinajstić information content (AvgIpc) is 3.12. The second-order valence-corrected chi connectivity index (χ2v) is 6.12. The number of nitrogens with one attached hydrogen (secondary N) is 1. The number of carbonyl (C=O) groups excluding carboxylic acids is 1. The molecule has 2 aromatic carbocycles. The quantitative estimate of drug-likeness (QED) is 0.736. The maximum absolute atomic E-state index is 12.3. The van der Waals surface area contributed by atoms with Crippen LogP contribution in [0.2, 0.25) is 0 Å². The summed E-state index contributed by atoms with van der Waals surface area (Å²) in [4.78, 5) is 16.6. The Morgan fingerprint density at radius 3 is 2.73 bits per heavy atom. The normalized spacial score (nSPS) is 11.8. The Hall–Kier alpha value is -3.15. The van der Waals surface area contributed by atoms with Crippen molar-refractivity contribution in [3.63, 3.8) is 0 Å². The fraction of sp³-hybridized carbons (Fsp3) is 0.250. The highest BCUT2D eigenvalue weighted by atomic mass is 16.5. The fourth-order valence-corrected chi connectivity index (χ4v) is 2.42. The van der Waals surface area contributed by atoms with Crippen molar-refractivity contribution in [2.24, 2.45) is 0 Å². The third-order valence-electron chi connectivity index (χ3n) is 3.93. The van der Waals surface area contributed by atoms with Gasteiger partial charge in [0.25, 0.3) is 5.91 Å². The topological polar surface area (TPSA) is 77.2 Å². The summed E-state index contributed by atoms with van der Waals surface area (Å²) in [6.45, 7) is 5.79. The smallest absolute Gasteiger partial charge is 0.261 e. The molecule has 26 heavy (non-hydrogen) atoms. The van der Waals surface area contributed by atoms with E-state index in [9.17, 15) is 4.79 Å². The molecule has 6 nitrogen and oxygen atoms in total. The number of ether oxygens (including phenoxy) is 1. The molecule has 0 fully saturated rings. The zero-order valence-corrected chi connectivity index (χ0v) is 15.0. The third-order valence-corrected chi connectivity index (χ3v) is 3.93. The molecule has 1 heterocycles. The Morgan fingerprint density at radius 2 is 1.96 bits per heavy atom. The van der Waals surface area contributed by atoms with Crippen molar-refractivity contribution in [3.05, 3.63) is 65.5 Å². The van der Waals surface area contributed by atoms with Crippen LogP contribution in [-0.2, 0) is 11.3 Å². The number of hydrogen-bond acceptors (Lipinski definition) is 5. The van der Waals surface area contributed by atoms with Gasteiger partial charge in [-0.05, 0) is 38.0 Å². The highest BCUT2D eigenvalue weighted by Crippen LogP contribution is 2.20. The number of benzene rings is 2. The van der Waals surface area contributed by atoms with Gasteiger partial charge in [0.15, 0.2) is 6.10 Å². The summed E-state index contributed by atoms with van der Waals surface area (Å²) in [5, 5.41) is 6.69. The lowest BCUT2D eigenvalue weighted by Gasteiger charge is -2.16. The molecule has 1 N–H and O–H groups in total. The summed E-state index contributed by atoms with van der Waals surface area (Å²) < 4.78 is 11.0. The molecule has 0 spiro atoms. The van der Waals surface area contributed by atoms with Crippen molar-refractivity contribution in [1.82, 2.24) is 15.5 Å². The lowest BCUT2D eigenvalue weighted by atomic mass is 10.1. The van der Waals surface area contributed by atoms with Gasteiger partial charge in [0, 0.05) is 5.56 Å². The minimum atomic E-state index is -0.632. The maximum Gasteiger partial charge on any atom is 0.261 e. The predicted octanol–water partition coefficient (Wildman–Crippen LogP) is 3.44. The van der Waals surface area contributed by atoms with Crippen molar-refractivity contribution in [3.8, 4) is 17.1 Å². The number of amides is 1. The summed E-state index contributed by atoms with van der Waals surface area (Å²) in [7, 11) is 0.